The topological polar surface area (TPSA) is 25.8 Å². The first-order chi connectivity index (χ1) is 6.07. The van der Waals surface area contributed by atoms with Crippen LogP contribution in [0.4, 0.5) is 0 Å². The van der Waals surface area contributed by atoms with Gasteiger partial charge in [0.1, 0.15) is 0 Å². The van der Waals surface area contributed by atoms with E-state index in [0.29, 0.717) is 0 Å². The fraction of sp³-hybridized carbons (Fsp3) is 0.333. The van der Waals surface area contributed by atoms with Gasteiger partial charge in [0.2, 0.25) is 0 Å². The van der Waals surface area contributed by atoms with Crippen LogP contribution >= 0.6 is 11.3 Å². The molecule has 2 heterocycles. The predicted molar refractivity (Wildman–Crippen MR) is 60.4 cm³/mol. The van der Waals surface area contributed by atoms with E-state index in [9.17, 15) is 0 Å². The van der Waals surface area contributed by atoms with Crippen LogP contribution < -0.4 is 3.02 Å². The first-order valence-electron chi connectivity index (χ1n) is 4.29. The van der Waals surface area contributed by atoms with E-state index in [2.05, 4.69) is 24.8 Å². The zero-order chi connectivity index (χ0) is 9.47. The van der Waals surface area contributed by atoms with Crippen molar-refractivity contribution in [1.82, 2.24) is 9.97 Å². The number of hydrogen-bond donors (Lipinski definition) is 0. The van der Waals surface area contributed by atoms with E-state index < -0.39 is 18.4 Å². The molecule has 2 aromatic rings. The van der Waals surface area contributed by atoms with Crippen molar-refractivity contribution >= 4 is 43.1 Å². The monoisotopic (exact) mass is 300 g/mol. The molecule has 0 spiro atoms. The van der Waals surface area contributed by atoms with Crippen LogP contribution in [-0.4, -0.2) is 28.3 Å². The van der Waals surface area contributed by atoms with Crippen LogP contribution in [0.3, 0.4) is 0 Å². The molecule has 0 bridgehead atoms. The average Bonchev–Trinajstić information content (AvgIpc) is 2.45. The second-order valence-corrected chi connectivity index (χ2v) is 20.3. The van der Waals surface area contributed by atoms with E-state index in [1.165, 1.54) is 3.02 Å². The third kappa shape index (κ3) is 1.86. The van der Waals surface area contributed by atoms with Crippen molar-refractivity contribution < 1.29 is 0 Å². The zero-order valence-electron chi connectivity index (χ0n) is 8.03. The number of rotatable bonds is 1. The number of aromatic nitrogens is 2. The summed E-state index contributed by atoms with van der Waals surface area (Å²) < 4.78 is 1.36. The summed E-state index contributed by atoms with van der Waals surface area (Å²) in [5.41, 5.74) is 1.06. The summed E-state index contributed by atoms with van der Waals surface area (Å²) in [6.45, 7) is 0. The molecule has 0 aliphatic carbocycles. The van der Waals surface area contributed by atoms with Gasteiger partial charge in [-0.2, -0.15) is 0 Å². The van der Waals surface area contributed by atoms with Crippen molar-refractivity contribution in [3.05, 3.63) is 18.3 Å². The number of pyridine rings is 1. The number of thiazole rings is 1. The fourth-order valence-corrected chi connectivity index (χ4v) is 6.81. The maximum atomic E-state index is 4.63. The molecule has 0 atom stereocenters. The fourth-order valence-electron chi connectivity index (χ4n) is 1.09. The molecule has 0 amide bonds. The predicted octanol–water partition coefficient (Wildman–Crippen LogP) is 2.24. The van der Waals surface area contributed by atoms with Crippen LogP contribution in [0.5, 0.6) is 0 Å². The molecule has 68 valence electrons. The van der Waals surface area contributed by atoms with E-state index in [-0.39, 0.29) is 0 Å². The van der Waals surface area contributed by atoms with Crippen LogP contribution in [0.1, 0.15) is 0 Å². The van der Waals surface area contributed by atoms with E-state index in [1.54, 1.807) is 11.3 Å². The Labute approximate surface area is 85.9 Å². The summed E-state index contributed by atoms with van der Waals surface area (Å²) in [4.78, 5) is 17.2. The molecule has 0 aliphatic rings. The van der Waals surface area contributed by atoms with E-state index in [0.717, 1.165) is 10.3 Å². The number of hydrogen-bond acceptors (Lipinski definition) is 3. The molecule has 2 rings (SSSR count). The molecule has 13 heavy (non-hydrogen) atoms. The molecule has 0 radical (unpaired) electrons. The van der Waals surface area contributed by atoms with Gasteiger partial charge >= 0.3 is 86.2 Å². The van der Waals surface area contributed by atoms with Crippen LogP contribution in [0.2, 0.25) is 14.8 Å². The summed E-state index contributed by atoms with van der Waals surface area (Å²) in [7, 11) is 0. The minimum atomic E-state index is -1.96. The van der Waals surface area contributed by atoms with Gasteiger partial charge in [0.15, 0.2) is 0 Å². The summed E-state index contributed by atoms with van der Waals surface area (Å²) >= 11 is -0.180. The third-order valence-corrected chi connectivity index (χ3v) is 11.6. The van der Waals surface area contributed by atoms with Gasteiger partial charge in [-0.1, -0.05) is 0 Å². The first kappa shape index (κ1) is 9.40. The Morgan fingerprint density at radius 1 is 1.31 bits per heavy atom. The average molecular weight is 299 g/mol. The van der Waals surface area contributed by atoms with Gasteiger partial charge in [0.25, 0.3) is 0 Å². The molecule has 0 N–H and O–H groups in total. The van der Waals surface area contributed by atoms with Gasteiger partial charge in [0, 0.05) is 0 Å². The van der Waals surface area contributed by atoms with Crippen molar-refractivity contribution in [2.75, 3.05) is 0 Å². The normalized spacial score (nSPS) is 12.2. The molecule has 2 aromatic heterocycles. The summed E-state index contributed by atoms with van der Waals surface area (Å²) in [5, 5.41) is 0. The Balaban J connectivity index is 2.63. The molecule has 0 saturated carbocycles. The van der Waals surface area contributed by atoms with E-state index >= 15 is 0 Å². The van der Waals surface area contributed by atoms with Gasteiger partial charge in [-0.3, -0.25) is 0 Å². The molecule has 0 fully saturated rings. The minimum absolute atomic E-state index is 1.06. The quantitative estimate of drug-likeness (QED) is 0.755. The van der Waals surface area contributed by atoms with Crippen LogP contribution in [0.25, 0.3) is 10.3 Å². The molecule has 0 aliphatic heterocycles. The first-order valence-corrected chi connectivity index (χ1v) is 15.1. The molecule has 4 heteroatoms. The van der Waals surface area contributed by atoms with E-state index in [4.69, 9.17) is 0 Å². The Bertz CT molecular complexity index is 397. The van der Waals surface area contributed by atoms with Crippen LogP contribution in [0, 0.1) is 0 Å². The summed E-state index contributed by atoms with van der Waals surface area (Å²) in [6.07, 6.45) is 1.84. The van der Waals surface area contributed by atoms with Gasteiger partial charge in [-0.05, 0) is 0 Å². The standard InChI is InChI=1S/C6H3N2S.3CH3.Sn/c1-2-5-6(7-3-1)9-4-8-5;;;;/h1-3H;3*1H3;. The summed E-state index contributed by atoms with van der Waals surface area (Å²) in [5.74, 6) is 0. The maximum absolute atomic E-state index is 4.63. The Morgan fingerprint density at radius 2 is 2.08 bits per heavy atom. The van der Waals surface area contributed by atoms with Crippen LogP contribution in [-0.2, 0) is 0 Å². The van der Waals surface area contributed by atoms with Crippen molar-refractivity contribution in [2.24, 2.45) is 0 Å². The van der Waals surface area contributed by atoms with E-state index in [1.807, 2.05) is 18.3 Å². The van der Waals surface area contributed by atoms with Gasteiger partial charge < -0.3 is 0 Å². The summed E-state index contributed by atoms with van der Waals surface area (Å²) in [6, 6.07) is 3.99. The molecule has 2 nitrogen and oxygen atoms in total. The number of nitrogens with zero attached hydrogens (tertiary/aromatic N) is 2. The Morgan fingerprint density at radius 3 is 2.69 bits per heavy atom. The van der Waals surface area contributed by atoms with Crippen molar-refractivity contribution in [3.63, 3.8) is 0 Å². The Hall–Kier alpha value is -0.161. The number of fused-ring (bicyclic) bond motifs is 1. The van der Waals surface area contributed by atoms with Gasteiger partial charge in [-0.25, -0.2) is 0 Å². The molecule has 0 unspecified atom stereocenters. The van der Waals surface area contributed by atoms with Gasteiger partial charge in [-0.15, -0.1) is 0 Å². The van der Waals surface area contributed by atoms with Crippen molar-refractivity contribution in [1.29, 1.82) is 0 Å². The van der Waals surface area contributed by atoms with Crippen molar-refractivity contribution in [2.45, 2.75) is 14.8 Å². The Kier molecular flexibility index (Phi) is 2.31. The van der Waals surface area contributed by atoms with Crippen molar-refractivity contribution in [3.8, 4) is 0 Å². The molecule has 0 aromatic carbocycles. The second-order valence-electron chi connectivity index (χ2n) is 4.10. The molecular weight excluding hydrogens is 287 g/mol. The third-order valence-electron chi connectivity index (χ3n) is 1.81. The molecule has 0 saturated heterocycles. The zero-order valence-corrected chi connectivity index (χ0v) is 11.7. The second kappa shape index (κ2) is 3.20. The SMILES string of the molecule is [CH3][Sn]([CH3])([CH3])[c]1nc2cccnc2s1. The van der Waals surface area contributed by atoms with Crippen LogP contribution in [0.15, 0.2) is 18.3 Å². The molecular formula is C9H12N2SSn. The van der Waals surface area contributed by atoms with Gasteiger partial charge in [0.05, 0.1) is 0 Å².